The summed E-state index contributed by atoms with van der Waals surface area (Å²) in [4.78, 5) is 24.1. The standard InChI is InChI=1S/C10H17NO3/c1-7(2)9-5-14-6-10(13)11(9)4-8(3)12/h7,9H,4-6H2,1-3H3. The second-order valence-corrected chi connectivity index (χ2v) is 4.05. The zero-order valence-corrected chi connectivity index (χ0v) is 8.95. The van der Waals surface area contributed by atoms with Gasteiger partial charge >= 0.3 is 0 Å². The van der Waals surface area contributed by atoms with Gasteiger partial charge in [0, 0.05) is 0 Å². The van der Waals surface area contributed by atoms with E-state index < -0.39 is 0 Å². The Morgan fingerprint density at radius 1 is 1.64 bits per heavy atom. The van der Waals surface area contributed by atoms with Gasteiger partial charge in [0.2, 0.25) is 5.91 Å². The van der Waals surface area contributed by atoms with Crippen molar-refractivity contribution in [3.8, 4) is 0 Å². The fraction of sp³-hybridized carbons (Fsp3) is 0.800. The highest BCUT2D eigenvalue weighted by atomic mass is 16.5. The normalized spacial score (nSPS) is 23.0. The zero-order chi connectivity index (χ0) is 10.7. The maximum absolute atomic E-state index is 11.5. The molecule has 1 saturated heterocycles. The number of carbonyl (C=O) groups is 2. The summed E-state index contributed by atoms with van der Waals surface area (Å²) in [6, 6.07) is 0.0418. The number of ether oxygens (including phenoxy) is 1. The summed E-state index contributed by atoms with van der Waals surface area (Å²) in [5, 5.41) is 0. The fourth-order valence-electron chi connectivity index (χ4n) is 1.62. The van der Waals surface area contributed by atoms with Crippen molar-refractivity contribution < 1.29 is 14.3 Å². The van der Waals surface area contributed by atoms with Crippen LogP contribution in [-0.4, -0.2) is 42.4 Å². The summed E-state index contributed by atoms with van der Waals surface area (Å²) in [6.45, 7) is 6.41. The highest BCUT2D eigenvalue weighted by Gasteiger charge is 2.31. The van der Waals surface area contributed by atoms with Crippen molar-refractivity contribution in [2.75, 3.05) is 19.8 Å². The summed E-state index contributed by atoms with van der Waals surface area (Å²) < 4.78 is 5.16. The smallest absolute Gasteiger partial charge is 0.249 e. The Bertz CT molecular complexity index is 238. The third-order valence-electron chi connectivity index (χ3n) is 2.40. The molecule has 1 aliphatic rings. The van der Waals surface area contributed by atoms with Gasteiger partial charge < -0.3 is 9.64 Å². The lowest BCUT2D eigenvalue weighted by Crippen LogP contribution is -2.53. The largest absolute Gasteiger partial charge is 0.369 e. The lowest BCUT2D eigenvalue weighted by Gasteiger charge is -2.37. The molecular formula is C10H17NO3. The van der Waals surface area contributed by atoms with E-state index in [1.165, 1.54) is 6.92 Å². The van der Waals surface area contributed by atoms with E-state index in [1.54, 1.807) is 4.90 Å². The summed E-state index contributed by atoms with van der Waals surface area (Å²) in [7, 11) is 0. The summed E-state index contributed by atoms with van der Waals surface area (Å²) >= 11 is 0. The molecule has 1 atom stereocenters. The van der Waals surface area contributed by atoms with Gasteiger partial charge in [0.05, 0.1) is 19.2 Å². The Hall–Kier alpha value is -0.900. The Morgan fingerprint density at radius 2 is 2.29 bits per heavy atom. The van der Waals surface area contributed by atoms with E-state index >= 15 is 0 Å². The average Bonchev–Trinajstić information content (AvgIpc) is 2.07. The van der Waals surface area contributed by atoms with E-state index in [9.17, 15) is 9.59 Å². The number of rotatable bonds is 3. The van der Waals surface area contributed by atoms with Crippen molar-refractivity contribution >= 4 is 11.7 Å². The molecule has 14 heavy (non-hydrogen) atoms. The van der Waals surface area contributed by atoms with Crippen LogP contribution in [-0.2, 0) is 14.3 Å². The molecule has 1 unspecified atom stereocenters. The molecule has 0 aromatic rings. The van der Waals surface area contributed by atoms with Crippen LogP contribution in [0.1, 0.15) is 20.8 Å². The average molecular weight is 199 g/mol. The molecule has 4 nitrogen and oxygen atoms in total. The monoisotopic (exact) mass is 199 g/mol. The van der Waals surface area contributed by atoms with Crippen LogP contribution in [0.4, 0.5) is 0 Å². The first-order chi connectivity index (χ1) is 6.52. The Balaban J connectivity index is 2.70. The second kappa shape index (κ2) is 4.55. The highest BCUT2D eigenvalue weighted by molar-refractivity contribution is 5.85. The molecule has 1 rings (SSSR count). The molecule has 0 saturated carbocycles. The fourth-order valence-corrected chi connectivity index (χ4v) is 1.62. The van der Waals surface area contributed by atoms with E-state index in [0.717, 1.165) is 0 Å². The van der Waals surface area contributed by atoms with Crippen molar-refractivity contribution in [1.82, 2.24) is 4.90 Å². The molecule has 0 bridgehead atoms. The number of morpholine rings is 1. The molecule has 1 amide bonds. The van der Waals surface area contributed by atoms with Gasteiger partial charge in [-0.3, -0.25) is 9.59 Å². The van der Waals surface area contributed by atoms with Crippen LogP contribution in [0.15, 0.2) is 0 Å². The molecule has 0 aromatic heterocycles. The molecule has 1 fully saturated rings. The minimum Gasteiger partial charge on any atom is -0.369 e. The third-order valence-corrected chi connectivity index (χ3v) is 2.40. The molecule has 0 aliphatic carbocycles. The zero-order valence-electron chi connectivity index (χ0n) is 8.95. The van der Waals surface area contributed by atoms with E-state index in [-0.39, 0.29) is 30.9 Å². The van der Waals surface area contributed by atoms with Crippen LogP contribution in [0.25, 0.3) is 0 Å². The topological polar surface area (TPSA) is 46.6 Å². The maximum Gasteiger partial charge on any atom is 0.249 e. The number of hydrogen-bond acceptors (Lipinski definition) is 3. The van der Waals surface area contributed by atoms with Gasteiger partial charge in [-0.25, -0.2) is 0 Å². The van der Waals surface area contributed by atoms with Crippen LogP contribution in [0.3, 0.4) is 0 Å². The number of amides is 1. The third kappa shape index (κ3) is 2.54. The van der Waals surface area contributed by atoms with Crippen molar-refractivity contribution in [2.45, 2.75) is 26.8 Å². The molecular weight excluding hydrogens is 182 g/mol. The molecule has 0 spiro atoms. The van der Waals surface area contributed by atoms with Gasteiger partial charge in [-0.05, 0) is 12.8 Å². The Morgan fingerprint density at radius 3 is 2.79 bits per heavy atom. The predicted molar refractivity (Wildman–Crippen MR) is 51.8 cm³/mol. The number of Topliss-reactive ketones (excluding diaryl/α,β-unsaturated/α-hetero) is 1. The van der Waals surface area contributed by atoms with Crippen molar-refractivity contribution in [3.63, 3.8) is 0 Å². The van der Waals surface area contributed by atoms with Gasteiger partial charge in [0.1, 0.15) is 12.4 Å². The molecule has 0 aromatic carbocycles. The van der Waals surface area contributed by atoms with E-state index in [2.05, 4.69) is 0 Å². The lowest BCUT2D eigenvalue weighted by molar-refractivity contribution is -0.152. The van der Waals surface area contributed by atoms with Gasteiger partial charge in [-0.15, -0.1) is 0 Å². The first-order valence-corrected chi connectivity index (χ1v) is 4.89. The maximum atomic E-state index is 11.5. The lowest BCUT2D eigenvalue weighted by atomic mass is 10.0. The van der Waals surface area contributed by atoms with Gasteiger partial charge in [-0.1, -0.05) is 13.8 Å². The van der Waals surface area contributed by atoms with Crippen molar-refractivity contribution in [2.24, 2.45) is 5.92 Å². The SMILES string of the molecule is CC(=O)CN1C(=O)COCC1C(C)C. The molecule has 0 N–H and O–H groups in total. The van der Waals surface area contributed by atoms with Gasteiger partial charge in [0.15, 0.2) is 0 Å². The molecule has 0 radical (unpaired) electrons. The van der Waals surface area contributed by atoms with E-state index in [4.69, 9.17) is 4.74 Å². The summed E-state index contributed by atoms with van der Waals surface area (Å²) in [5.74, 6) is 0.259. The van der Waals surface area contributed by atoms with Crippen molar-refractivity contribution in [3.05, 3.63) is 0 Å². The Labute approximate surface area is 84.2 Å². The van der Waals surface area contributed by atoms with Crippen LogP contribution < -0.4 is 0 Å². The molecule has 1 aliphatic heterocycles. The van der Waals surface area contributed by atoms with E-state index in [0.29, 0.717) is 12.5 Å². The van der Waals surface area contributed by atoms with E-state index in [1.807, 2.05) is 13.8 Å². The first kappa shape index (κ1) is 11.2. The number of hydrogen-bond donors (Lipinski definition) is 0. The summed E-state index contributed by atoms with van der Waals surface area (Å²) in [5.41, 5.74) is 0. The predicted octanol–water partition coefficient (Wildman–Crippen LogP) is 0.459. The second-order valence-electron chi connectivity index (χ2n) is 4.05. The quantitative estimate of drug-likeness (QED) is 0.663. The van der Waals surface area contributed by atoms with Crippen LogP contribution in [0.5, 0.6) is 0 Å². The van der Waals surface area contributed by atoms with Crippen LogP contribution >= 0.6 is 0 Å². The number of nitrogens with zero attached hydrogens (tertiary/aromatic N) is 1. The summed E-state index contributed by atoms with van der Waals surface area (Å²) in [6.07, 6.45) is 0. The van der Waals surface area contributed by atoms with Gasteiger partial charge in [-0.2, -0.15) is 0 Å². The molecule has 1 heterocycles. The molecule has 4 heteroatoms. The number of ketones is 1. The first-order valence-electron chi connectivity index (χ1n) is 4.89. The molecule has 80 valence electrons. The van der Waals surface area contributed by atoms with Crippen LogP contribution in [0, 0.1) is 5.92 Å². The van der Waals surface area contributed by atoms with Crippen LogP contribution in [0.2, 0.25) is 0 Å². The van der Waals surface area contributed by atoms with Gasteiger partial charge in [0.25, 0.3) is 0 Å². The number of carbonyl (C=O) groups excluding carboxylic acids is 2. The van der Waals surface area contributed by atoms with Crippen molar-refractivity contribution in [1.29, 1.82) is 0 Å². The minimum absolute atomic E-state index is 0.0194. The Kier molecular flexibility index (Phi) is 3.63. The highest BCUT2D eigenvalue weighted by Crippen LogP contribution is 2.15. The minimum atomic E-state index is -0.0786.